The highest BCUT2D eigenvalue weighted by Crippen LogP contribution is 2.19. The number of ether oxygens (including phenoxy) is 1. The average molecular weight is 255 g/mol. The third kappa shape index (κ3) is 3.17. The van der Waals surface area contributed by atoms with Crippen LogP contribution in [0.5, 0.6) is 0 Å². The number of thiazole rings is 1. The number of nitrogens with one attached hydrogen (secondary N) is 1. The predicted octanol–water partition coefficient (Wildman–Crippen LogP) is 1.19. The number of hydrogen-bond acceptors (Lipinski definition) is 5. The molecule has 0 bridgehead atoms. The van der Waals surface area contributed by atoms with Crippen LogP contribution < -0.4 is 11.1 Å². The van der Waals surface area contributed by atoms with Crippen LogP contribution in [-0.4, -0.2) is 30.6 Å². The van der Waals surface area contributed by atoms with Crippen LogP contribution in [-0.2, 0) is 4.74 Å². The Hall–Kier alpha value is -1.14. The number of nitrogens with zero attached hydrogens (tertiary/aromatic N) is 1. The quantitative estimate of drug-likeness (QED) is 0.847. The van der Waals surface area contributed by atoms with E-state index in [2.05, 4.69) is 10.3 Å². The molecule has 5 nitrogen and oxygen atoms in total. The Morgan fingerprint density at radius 2 is 2.53 bits per heavy atom. The maximum atomic E-state index is 11.8. The first-order chi connectivity index (χ1) is 8.16. The zero-order chi connectivity index (χ0) is 12.3. The molecule has 0 aromatic carbocycles. The normalized spacial score (nSPS) is 19.5. The molecule has 6 heteroatoms. The second kappa shape index (κ2) is 5.46. The Morgan fingerprint density at radius 3 is 3.12 bits per heavy atom. The van der Waals surface area contributed by atoms with Gasteiger partial charge in [0, 0.05) is 19.8 Å². The lowest BCUT2D eigenvalue weighted by Gasteiger charge is -2.08. The zero-order valence-electron chi connectivity index (χ0n) is 9.86. The molecule has 0 spiro atoms. The van der Waals surface area contributed by atoms with Crippen molar-refractivity contribution in [3.05, 3.63) is 10.6 Å². The van der Waals surface area contributed by atoms with Crippen molar-refractivity contribution in [3.63, 3.8) is 0 Å². The summed E-state index contributed by atoms with van der Waals surface area (Å²) in [6, 6.07) is 0. The van der Waals surface area contributed by atoms with Gasteiger partial charge in [-0.2, -0.15) is 0 Å². The number of amides is 1. The molecule has 94 valence electrons. The fraction of sp³-hybridized carbons (Fsp3) is 0.636. The second-order valence-corrected chi connectivity index (χ2v) is 5.27. The summed E-state index contributed by atoms with van der Waals surface area (Å²) in [6.07, 6.45) is 2.07. The summed E-state index contributed by atoms with van der Waals surface area (Å²) in [5.74, 6) is 0.513. The zero-order valence-corrected chi connectivity index (χ0v) is 10.7. The van der Waals surface area contributed by atoms with Gasteiger partial charge in [0.2, 0.25) is 0 Å². The van der Waals surface area contributed by atoms with Crippen molar-refractivity contribution in [3.8, 4) is 0 Å². The van der Waals surface area contributed by atoms with Crippen LogP contribution in [0.15, 0.2) is 0 Å². The van der Waals surface area contributed by atoms with Gasteiger partial charge in [-0.15, -0.1) is 0 Å². The topological polar surface area (TPSA) is 77.2 Å². The van der Waals surface area contributed by atoms with Crippen LogP contribution in [0.1, 0.15) is 28.2 Å². The largest absolute Gasteiger partial charge is 0.381 e. The van der Waals surface area contributed by atoms with E-state index in [9.17, 15) is 4.79 Å². The van der Waals surface area contributed by atoms with Crippen molar-refractivity contribution in [1.82, 2.24) is 10.3 Å². The lowest BCUT2D eigenvalue weighted by atomic mass is 10.1. The van der Waals surface area contributed by atoms with Crippen LogP contribution >= 0.6 is 11.3 Å². The molecule has 1 unspecified atom stereocenters. The molecule has 1 fully saturated rings. The van der Waals surface area contributed by atoms with E-state index in [-0.39, 0.29) is 5.91 Å². The van der Waals surface area contributed by atoms with Gasteiger partial charge in [-0.1, -0.05) is 11.3 Å². The highest BCUT2D eigenvalue weighted by atomic mass is 32.1. The summed E-state index contributed by atoms with van der Waals surface area (Å²) in [5, 5.41) is 3.34. The van der Waals surface area contributed by atoms with Crippen molar-refractivity contribution in [2.45, 2.75) is 19.8 Å². The molecule has 1 aliphatic heterocycles. The third-order valence-corrected chi connectivity index (χ3v) is 3.87. The molecule has 2 rings (SSSR count). The molecule has 1 atom stereocenters. The van der Waals surface area contributed by atoms with Crippen molar-refractivity contribution in [2.75, 3.05) is 25.5 Å². The van der Waals surface area contributed by atoms with Crippen molar-refractivity contribution in [1.29, 1.82) is 0 Å². The van der Waals surface area contributed by atoms with Crippen LogP contribution in [0.2, 0.25) is 0 Å². The molecule has 1 saturated heterocycles. The smallest absolute Gasteiger partial charge is 0.263 e. The van der Waals surface area contributed by atoms with Gasteiger partial charge in [-0.25, -0.2) is 4.98 Å². The van der Waals surface area contributed by atoms with E-state index in [1.807, 2.05) is 0 Å². The van der Waals surface area contributed by atoms with Crippen molar-refractivity contribution in [2.24, 2.45) is 5.92 Å². The Kier molecular flexibility index (Phi) is 3.96. The first kappa shape index (κ1) is 12.3. The Balaban J connectivity index is 1.78. The maximum absolute atomic E-state index is 11.8. The summed E-state index contributed by atoms with van der Waals surface area (Å²) < 4.78 is 5.28. The highest BCUT2D eigenvalue weighted by Gasteiger charge is 2.17. The van der Waals surface area contributed by atoms with Crippen molar-refractivity contribution >= 4 is 22.4 Å². The molecule has 1 aromatic heterocycles. The first-order valence-corrected chi connectivity index (χ1v) is 6.57. The lowest BCUT2D eigenvalue weighted by Crippen LogP contribution is -2.25. The van der Waals surface area contributed by atoms with Gasteiger partial charge in [-0.3, -0.25) is 4.79 Å². The monoisotopic (exact) mass is 255 g/mol. The third-order valence-electron chi connectivity index (χ3n) is 2.88. The van der Waals surface area contributed by atoms with E-state index in [1.165, 1.54) is 11.3 Å². The molecule has 0 saturated carbocycles. The van der Waals surface area contributed by atoms with Crippen LogP contribution in [0.4, 0.5) is 5.13 Å². The number of hydrogen-bond donors (Lipinski definition) is 2. The second-order valence-electron chi connectivity index (χ2n) is 4.24. The van der Waals surface area contributed by atoms with Gasteiger partial charge < -0.3 is 15.8 Å². The molecule has 0 aliphatic carbocycles. The molecular weight excluding hydrogens is 238 g/mol. The predicted molar refractivity (Wildman–Crippen MR) is 67.1 cm³/mol. The fourth-order valence-corrected chi connectivity index (χ4v) is 2.66. The van der Waals surface area contributed by atoms with E-state index < -0.39 is 0 Å². The Labute approximate surface area is 104 Å². The van der Waals surface area contributed by atoms with Gasteiger partial charge in [0.1, 0.15) is 4.88 Å². The number of nitrogens with two attached hydrogens (primary N) is 1. The van der Waals surface area contributed by atoms with Gasteiger partial charge in [0.15, 0.2) is 5.13 Å². The number of carbonyl (C=O) groups is 1. The molecule has 1 amide bonds. The van der Waals surface area contributed by atoms with Crippen LogP contribution in [0.25, 0.3) is 0 Å². The Morgan fingerprint density at radius 1 is 1.71 bits per heavy atom. The van der Waals surface area contributed by atoms with Gasteiger partial charge in [-0.05, 0) is 25.7 Å². The molecule has 1 aliphatic rings. The van der Waals surface area contributed by atoms with Gasteiger partial charge in [0.25, 0.3) is 5.91 Å². The standard InChI is InChI=1S/C11H17N3O2S/c1-7-9(17-11(12)14-7)10(15)13-4-2-8-3-5-16-6-8/h8H,2-6H2,1H3,(H2,12,14)(H,13,15). The number of aromatic nitrogens is 1. The maximum Gasteiger partial charge on any atom is 0.263 e. The SMILES string of the molecule is Cc1nc(N)sc1C(=O)NCCC1CCOC1. The molecular formula is C11H17N3O2S. The van der Waals surface area contributed by atoms with E-state index in [0.29, 0.717) is 28.2 Å². The molecule has 0 radical (unpaired) electrons. The van der Waals surface area contributed by atoms with E-state index in [0.717, 1.165) is 26.1 Å². The lowest BCUT2D eigenvalue weighted by molar-refractivity contribution is 0.0953. The number of aryl methyl sites for hydroxylation is 1. The summed E-state index contributed by atoms with van der Waals surface area (Å²) in [7, 11) is 0. The summed E-state index contributed by atoms with van der Waals surface area (Å²) >= 11 is 1.24. The van der Waals surface area contributed by atoms with E-state index in [4.69, 9.17) is 10.5 Å². The Bertz CT molecular complexity index is 399. The minimum Gasteiger partial charge on any atom is -0.381 e. The highest BCUT2D eigenvalue weighted by molar-refractivity contribution is 7.17. The summed E-state index contributed by atoms with van der Waals surface area (Å²) in [4.78, 5) is 16.5. The summed E-state index contributed by atoms with van der Waals surface area (Å²) in [6.45, 7) is 4.15. The van der Waals surface area contributed by atoms with Crippen molar-refractivity contribution < 1.29 is 9.53 Å². The number of nitrogen functional groups attached to an aromatic ring is 1. The molecule has 17 heavy (non-hydrogen) atoms. The van der Waals surface area contributed by atoms with Crippen LogP contribution in [0.3, 0.4) is 0 Å². The number of carbonyl (C=O) groups excluding carboxylic acids is 1. The fourth-order valence-electron chi connectivity index (χ4n) is 1.91. The molecule has 3 N–H and O–H groups in total. The number of anilines is 1. The van der Waals surface area contributed by atoms with Crippen LogP contribution in [0, 0.1) is 12.8 Å². The van der Waals surface area contributed by atoms with E-state index >= 15 is 0 Å². The van der Waals surface area contributed by atoms with Gasteiger partial charge in [0.05, 0.1) is 5.69 Å². The number of rotatable bonds is 4. The summed E-state index contributed by atoms with van der Waals surface area (Å²) in [5.41, 5.74) is 6.26. The minimum absolute atomic E-state index is 0.0735. The average Bonchev–Trinajstić information content (AvgIpc) is 2.88. The molecule has 1 aromatic rings. The first-order valence-electron chi connectivity index (χ1n) is 5.75. The van der Waals surface area contributed by atoms with Gasteiger partial charge >= 0.3 is 0 Å². The molecule has 2 heterocycles. The minimum atomic E-state index is -0.0735. The van der Waals surface area contributed by atoms with E-state index in [1.54, 1.807) is 6.92 Å².